The Morgan fingerprint density at radius 2 is 1.92 bits per heavy atom. The number of ketones is 1. The minimum atomic E-state index is -0.707. The van der Waals surface area contributed by atoms with Crippen LogP contribution in [0.1, 0.15) is 84.8 Å². The predicted octanol–water partition coefficient (Wildman–Crippen LogP) is 5.90. The molecule has 0 unspecified atom stereocenters. The van der Waals surface area contributed by atoms with Gasteiger partial charge in [-0.15, -0.1) is 23.4 Å². The number of aliphatic hydroxyl groups is 1. The van der Waals surface area contributed by atoms with Crippen LogP contribution < -0.4 is 5.32 Å². The van der Waals surface area contributed by atoms with E-state index in [1.807, 2.05) is 43.5 Å². The van der Waals surface area contributed by atoms with Gasteiger partial charge in [0.05, 0.1) is 29.4 Å². The highest BCUT2D eigenvalue weighted by Gasteiger charge is 2.68. The van der Waals surface area contributed by atoms with E-state index < -0.39 is 23.0 Å². The SMILES string of the molecule is C=C[C@]1(C)C[C@@H](OC(=O)CSc2ccccc2NC(=O)Cn2cc(CN3CCCCC3)nn2)[C@]2(C)[C@H](C)CC[C@]3(CCC(=O)[C@H]32)[C@@H](C)[C@@H]1O. The number of amides is 1. The Morgan fingerprint density at radius 3 is 2.67 bits per heavy atom. The molecule has 10 nitrogen and oxygen atoms in total. The molecule has 2 heterocycles. The van der Waals surface area contributed by atoms with E-state index in [4.69, 9.17) is 4.74 Å². The van der Waals surface area contributed by atoms with E-state index in [1.54, 1.807) is 4.68 Å². The number of thioether (sulfide) groups is 1. The fraction of sp³-hybridized carbons (Fsp3) is 0.658. The van der Waals surface area contributed by atoms with Crippen LogP contribution in [0.15, 0.2) is 48.0 Å². The van der Waals surface area contributed by atoms with Crippen molar-refractivity contribution >= 4 is 35.1 Å². The summed E-state index contributed by atoms with van der Waals surface area (Å²) < 4.78 is 7.98. The minimum Gasteiger partial charge on any atom is -0.461 e. The molecule has 4 fully saturated rings. The standard InChI is InChI=1S/C38H53N5O5S/c1-6-36(4)20-31(37(5)25(2)14-16-38(26(3)35(36)47)17-15-29(44)34(37)38)48-33(46)24-49-30-13-9-8-12-28(30)39-32(45)23-43-22-27(40-41-43)21-42-18-10-7-11-19-42/h6,8-9,12-13,22,25-26,31,34-35,47H,1,7,10-11,14-21,23-24H2,2-5H3,(H,39,45)/t25-,26+,31-,34+,35+,36-,37+,38+/m1/s1. The summed E-state index contributed by atoms with van der Waals surface area (Å²) in [6, 6.07) is 7.41. The molecule has 3 aliphatic carbocycles. The normalized spacial score (nSPS) is 34.8. The van der Waals surface area contributed by atoms with Crippen molar-refractivity contribution in [2.24, 2.45) is 34.0 Å². The predicted molar refractivity (Wildman–Crippen MR) is 190 cm³/mol. The number of hydrogen-bond donors (Lipinski definition) is 2. The first-order valence-electron chi connectivity index (χ1n) is 18.1. The molecule has 3 saturated carbocycles. The number of likely N-dealkylation sites (tertiary alicyclic amines) is 1. The molecule has 49 heavy (non-hydrogen) atoms. The maximum Gasteiger partial charge on any atom is 0.316 e. The summed E-state index contributed by atoms with van der Waals surface area (Å²) in [7, 11) is 0. The Morgan fingerprint density at radius 1 is 1.16 bits per heavy atom. The second kappa shape index (κ2) is 14.3. The molecule has 266 valence electrons. The highest BCUT2D eigenvalue weighted by molar-refractivity contribution is 8.00. The summed E-state index contributed by atoms with van der Waals surface area (Å²) >= 11 is 1.31. The first-order valence-corrected chi connectivity index (χ1v) is 19.0. The molecule has 1 aliphatic heterocycles. The third-order valence-corrected chi connectivity index (χ3v) is 13.9. The van der Waals surface area contributed by atoms with Gasteiger partial charge in [0, 0.05) is 34.6 Å². The molecule has 1 saturated heterocycles. The van der Waals surface area contributed by atoms with Crippen molar-refractivity contribution < 1.29 is 24.2 Å². The second-order valence-corrected chi connectivity index (χ2v) is 16.7. The van der Waals surface area contributed by atoms with Crippen LogP contribution in [0.5, 0.6) is 0 Å². The molecule has 1 aromatic carbocycles. The monoisotopic (exact) mass is 691 g/mol. The molecule has 4 aliphatic rings. The van der Waals surface area contributed by atoms with Crippen LogP contribution >= 0.6 is 11.8 Å². The van der Waals surface area contributed by atoms with E-state index in [2.05, 4.69) is 47.9 Å². The fourth-order valence-electron chi connectivity index (χ4n) is 9.70. The molecule has 1 amide bonds. The summed E-state index contributed by atoms with van der Waals surface area (Å²) in [6.45, 7) is 15.4. The van der Waals surface area contributed by atoms with Gasteiger partial charge in [0.1, 0.15) is 18.4 Å². The number of aliphatic hydroxyl groups excluding tert-OH is 1. The molecule has 6 rings (SSSR count). The van der Waals surface area contributed by atoms with Crippen LogP contribution in [-0.2, 0) is 32.2 Å². The lowest BCUT2D eigenvalue weighted by molar-refractivity contribution is -0.205. The highest BCUT2D eigenvalue weighted by atomic mass is 32.2. The summed E-state index contributed by atoms with van der Waals surface area (Å²) in [5.41, 5.74) is -0.110. The van der Waals surface area contributed by atoms with Crippen LogP contribution in [0, 0.1) is 34.0 Å². The van der Waals surface area contributed by atoms with Gasteiger partial charge in [-0.1, -0.05) is 57.5 Å². The molecule has 2 bridgehead atoms. The lowest BCUT2D eigenvalue weighted by atomic mass is 9.44. The number of nitrogens with one attached hydrogen (secondary N) is 1. The van der Waals surface area contributed by atoms with Crippen LogP contribution in [0.25, 0.3) is 0 Å². The first-order chi connectivity index (χ1) is 23.4. The van der Waals surface area contributed by atoms with Crippen molar-refractivity contribution in [2.45, 2.75) is 109 Å². The molecule has 1 aromatic heterocycles. The van der Waals surface area contributed by atoms with Gasteiger partial charge in [-0.2, -0.15) is 0 Å². The molecule has 0 spiro atoms. The number of anilines is 1. The smallest absolute Gasteiger partial charge is 0.316 e. The highest BCUT2D eigenvalue weighted by Crippen LogP contribution is 2.68. The summed E-state index contributed by atoms with van der Waals surface area (Å²) in [4.78, 5) is 43.6. The number of benzene rings is 1. The van der Waals surface area contributed by atoms with E-state index in [0.717, 1.165) is 49.5 Å². The summed E-state index contributed by atoms with van der Waals surface area (Å²) in [5.74, 6) is -0.538. The number of carbonyl (C=O) groups is 3. The first kappa shape index (κ1) is 35.8. The van der Waals surface area contributed by atoms with E-state index in [-0.39, 0.29) is 53.1 Å². The van der Waals surface area contributed by atoms with Crippen LogP contribution in [0.3, 0.4) is 0 Å². The molecule has 0 radical (unpaired) electrons. The van der Waals surface area contributed by atoms with Gasteiger partial charge in [-0.05, 0) is 81.0 Å². The number of nitrogens with zero attached hydrogens (tertiary/aromatic N) is 4. The molecule has 2 aromatic rings. The molecular weight excluding hydrogens is 639 g/mol. The van der Waals surface area contributed by atoms with Crippen LogP contribution in [-0.4, -0.2) is 73.7 Å². The number of Topliss-reactive ketones (excluding diaryl/α,β-unsaturated/α-hetero) is 1. The average Bonchev–Trinajstić information content (AvgIpc) is 3.68. The zero-order chi connectivity index (χ0) is 35.0. The van der Waals surface area contributed by atoms with E-state index in [1.165, 1.54) is 31.0 Å². The van der Waals surface area contributed by atoms with Gasteiger partial charge in [-0.25, -0.2) is 4.68 Å². The quantitative estimate of drug-likeness (QED) is 0.178. The maximum atomic E-state index is 13.7. The number of aromatic nitrogens is 3. The van der Waals surface area contributed by atoms with Crippen LogP contribution in [0.2, 0.25) is 0 Å². The largest absolute Gasteiger partial charge is 0.461 e. The van der Waals surface area contributed by atoms with E-state index in [0.29, 0.717) is 18.5 Å². The number of hydrogen-bond acceptors (Lipinski definition) is 9. The molecule has 2 N–H and O–H groups in total. The Labute approximate surface area is 294 Å². The third kappa shape index (κ3) is 6.87. The Hall–Kier alpha value is -3.02. The number of carbonyl (C=O) groups excluding carboxylic acids is 3. The number of rotatable bonds is 10. The lowest BCUT2D eigenvalue weighted by Gasteiger charge is -2.61. The van der Waals surface area contributed by atoms with Crippen LogP contribution in [0.4, 0.5) is 5.69 Å². The van der Waals surface area contributed by atoms with Gasteiger partial charge in [0.15, 0.2) is 0 Å². The maximum absolute atomic E-state index is 13.7. The number of ether oxygens (including phenoxy) is 1. The number of para-hydroxylation sites is 1. The van der Waals surface area contributed by atoms with Crippen molar-refractivity contribution in [3.05, 3.63) is 48.8 Å². The minimum absolute atomic E-state index is 0.0282. The summed E-state index contributed by atoms with van der Waals surface area (Å²) in [6.07, 6.45) is 9.52. The zero-order valence-corrected chi connectivity index (χ0v) is 30.3. The van der Waals surface area contributed by atoms with Crippen molar-refractivity contribution in [1.29, 1.82) is 0 Å². The van der Waals surface area contributed by atoms with Gasteiger partial charge < -0.3 is 15.2 Å². The third-order valence-electron chi connectivity index (χ3n) is 12.8. The molecule has 11 heteroatoms. The van der Waals surface area contributed by atoms with Gasteiger partial charge in [0.2, 0.25) is 5.91 Å². The van der Waals surface area contributed by atoms with Crippen molar-refractivity contribution in [2.75, 3.05) is 24.2 Å². The van der Waals surface area contributed by atoms with E-state index in [9.17, 15) is 19.5 Å². The average molecular weight is 692 g/mol. The van der Waals surface area contributed by atoms with Crippen molar-refractivity contribution in [3.8, 4) is 0 Å². The van der Waals surface area contributed by atoms with Crippen molar-refractivity contribution in [1.82, 2.24) is 19.9 Å². The molecule has 8 atom stereocenters. The van der Waals surface area contributed by atoms with E-state index >= 15 is 0 Å². The number of esters is 1. The summed E-state index contributed by atoms with van der Waals surface area (Å²) in [5, 5.41) is 23.2. The van der Waals surface area contributed by atoms with Gasteiger partial charge in [0.25, 0.3) is 0 Å². The van der Waals surface area contributed by atoms with Gasteiger partial charge in [-0.3, -0.25) is 19.3 Å². The lowest BCUT2D eigenvalue weighted by Crippen LogP contribution is -2.63. The Bertz CT molecular complexity index is 1560. The zero-order valence-electron chi connectivity index (χ0n) is 29.5. The number of piperidine rings is 1. The Kier molecular flexibility index (Phi) is 10.5. The molecular formula is C38H53N5O5S. The van der Waals surface area contributed by atoms with Crippen molar-refractivity contribution in [3.63, 3.8) is 0 Å². The van der Waals surface area contributed by atoms with Gasteiger partial charge >= 0.3 is 5.97 Å². The fourth-order valence-corrected chi connectivity index (χ4v) is 10.5. The topological polar surface area (TPSA) is 127 Å². The second-order valence-electron chi connectivity index (χ2n) is 15.6. The Balaban J connectivity index is 1.13.